The van der Waals surface area contributed by atoms with Gasteiger partial charge in [0.25, 0.3) is 0 Å². The number of carbonyl (C=O) groups excluding carboxylic acids is 3. The Morgan fingerprint density at radius 3 is 1.77 bits per heavy atom. The summed E-state index contributed by atoms with van der Waals surface area (Å²) in [7, 11) is 0. The number of aliphatic hydroxyl groups is 3. The van der Waals surface area contributed by atoms with Crippen LogP contribution in [0.15, 0.2) is 30.3 Å². The molecule has 0 aliphatic carbocycles. The number of hydrogen-bond acceptors (Lipinski definition) is 9. The van der Waals surface area contributed by atoms with Gasteiger partial charge in [-0.05, 0) is 18.4 Å². The van der Waals surface area contributed by atoms with E-state index in [1.165, 1.54) is 75.5 Å². The van der Waals surface area contributed by atoms with Crippen LogP contribution in [0.4, 0.5) is 9.59 Å². The normalized spacial score (nSPS) is 19.8. The maximum absolute atomic E-state index is 13.9. The van der Waals surface area contributed by atoms with Crippen LogP contribution in [0.5, 0.6) is 0 Å². The van der Waals surface area contributed by atoms with Gasteiger partial charge in [-0.2, -0.15) is 0 Å². The van der Waals surface area contributed by atoms with Crippen molar-refractivity contribution in [1.82, 2.24) is 15.1 Å². The van der Waals surface area contributed by atoms with Gasteiger partial charge in [-0.3, -0.25) is 9.69 Å². The average molecular weight is 749 g/mol. The number of benzene rings is 1. The Balaban J connectivity index is 2.19. The number of nitrogens with two attached hydrogens (primary N) is 1. The van der Waals surface area contributed by atoms with E-state index in [0.717, 1.165) is 51.4 Å². The van der Waals surface area contributed by atoms with Crippen LogP contribution in [-0.2, 0) is 20.9 Å². The lowest BCUT2D eigenvalue weighted by Gasteiger charge is -2.49. The van der Waals surface area contributed by atoms with Gasteiger partial charge >= 0.3 is 12.1 Å². The summed E-state index contributed by atoms with van der Waals surface area (Å²) in [6.45, 7) is 3.63. The molecule has 0 radical (unpaired) electrons. The molecule has 2 rings (SSSR count). The second kappa shape index (κ2) is 28.6. The lowest BCUT2D eigenvalue weighted by atomic mass is 9.93. The maximum atomic E-state index is 13.9. The van der Waals surface area contributed by atoms with E-state index >= 15 is 0 Å². The molecule has 0 bridgehead atoms. The zero-order chi connectivity index (χ0) is 38.7. The summed E-state index contributed by atoms with van der Waals surface area (Å²) < 4.78 is 11.6. The summed E-state index contributed by atoms with van der Waals surface area (Å²) in [5.74, 6) is -0.875. The van der Waals surface area contributed by atoms with Gasteiger partial charge in [0.05, 0.1) is 13.2 Å². The molecule has 1 heterocycles. The van der Waals surface area contributed by atoms with Crippen LogP contribution in [0.25, 0.3) is 0 Å². The molecule has 53 heavy (non-hydrogen) atoms. The minimum absolute atomic E-state index is 0.161. The van der Waals surface area contributed by atoms with Gasteiger partial charge in [0.1, 0.15) is 31.0 Å². The third-order valence-corrected chi connectivity index (χ3v) is 10.1. The Morgan fingerprint density at radius 1 is 0.755 bits per heavy atom. The lowest BCUT2D eigenvalue weighted by Crippen LogP contribution is -2.71. The molecule has 0 saturated carbocycles. The molecule has 0 spiro atoms. The van der Waals surface area contributed by atoms with Crippen LogP contribution in [0.3, 0.4) is 0 Å². The first kappa shape index (κ1) is 46.4. The van der Waals surface area contributed by atoms with Crippen molar-refractivity contribution in [2.24, 2.45) is 5.73 Å². The molecule has 4 amide bonds. The molecule has 0 aromatic heterocycles. The summed E-state index contributed by atoms with van der Waals surface area (Å²) in [6.07, 6.45) is 15.3. The molecule has 304 valence electrons. The standard InChI is InChI=1S/C41H72N4O8/c1-3-5-7-9-11-13-15-17-19-24-28-43-40(50)44(29-25-20-18-16-14-12-10-8-6-4-2)39-36(38(49)37(48)34(31-46)53-39)45(35(47)30-42)41(51)52-32-33-26-22-21-23-27-33/h21-23,26-27,34,36-39,46,48-49H,3-20,24-25,28-32,42H2,1-2H3,(H,43,50)/t34-,36-,37-,38-,39-/m1/s1. The smallest absolute Gasteiger partial charge is 0.417 e. The number of hydrogen-bond donors (Lipinski definition) is 5. The Labute approximate surface area is 319 Å². The minimum Gasteiger partial charge on any atom is -0.444 e. The fraction of sp³-hybridized carbons (Fsp3) is 0.780. The Morgan fingerprint density at radius 2 is 1.26 bits per heavy atom. The Bertz CT molecular complexity index is 1110. The van der Waals surface area contributed by atoms with E-state index in [4.69, 9.17) is 15.2 Å². The van der Waals surface area contributed by atoms with Gasteiger partial charge in [-0.25, -0.2) is 14.5 Å². The van der Waals surface area contributed by atoms with Crippen LogP contribution in [0.1, 0.15) is 148 Å². The quantitative estimate of drug-likeness (QED) is 0.0580. The highest BCUT2D eigenvalue weighted by atomic mass is 16.6. The van der Waals surface area contributed by atoms with Crippen molar-refractivity contribution in [2.75, 3.05) is 26.2 Å². The van der Waals surface area contributed by atoms with Gasteiger partial charge in [0.15, 0.2) is 6.23 Å². The van der Waals surface area contributed by atoms with Crippen LogP contribution in [0, 0.1) is 0 Å². The fourth-order valence-corrected chi connectivity index (χ4v) is 6.92. The highest BCUT2D eigenvalue weighted by molar-refractivity contribution is 5.93. The summed E-state index contributed by atoms with van der Waals surface area (Å²) in [6, 6.07) is 6.86. The second-order valence-corrected chi connectivity index (χ2v) is 14.5. The predicted octanol–water partition coefficient (Wildman–Crippen LogP) is 6.77. The molecule has 1 aliphatic heterocycles. The van der Waals surface area contributed by atoms with E-state index in [0.29, 0.717) is 23.4 Å². The summed E-state index contributed by atoms with van der Waals surface area (Å²) >= 11 is 0. The number of amides is 4. The summed E-state index contributed by atoms with van der Waals surface area (Å²) in [5, 5.41) is 35.5. The van der Waals surface area contributed by atoms with E-state index in [1.54, 1.807) is 24.3 Å². The first-order valence-electron chi connectivity index (χ1n) is 20.7. The molecule has 12 nitrogen and oxygen atoms in total. The molecule has 1 fully saturated rings. The predicted molar refractivity (Wildman–Crippen MR) is 208 cm³/mol. The van der Waals surface area contributed by atoms with Crippen molar-refractivity contribution in [3.63, 3.8) is 0 Å². The van der Waals surface area contributed by atoms with Crippen LogP contribution >= 0.6 is 0 Å². The van der Waals surface area contributed by atoms with Crippen molar-refractivity contribution < 1.29 is 39.2 Å². The van der Waals surface area contributed by atoms with Crippen LogP contribution < -0.4 is 11.1 Å². The number of imide groups is 1. The highest BCUT2D eigenvalue weighted by Gasteiger charge is 2.53. The Hall–Kier alpha value is -2.77. The van der Waals surface area contributed by atoms with Gasteiger partial charge in [-0.1, -0.05) is 160 Å². The highest BCUT2D eigenvalue weighted by Crippen LogP contribution is 2.29. The monoisotopic (exact) mass is 749 g/mol. The van der Waals surface area contributed by atoms with Crippen molar-refractivity contribution >= 4 is 18.0 Å². The van der Waals surface area contributed by atoms with E-state index in [1.807, 2.05) is 6.07 Å². The number of carbonyl (C=O) groups is 3. The molecule has 1 aliphatic rings. The van der Waals surface area contributed by atoms with Crippen molar-refractivity contribution in [2.45, 2.75) is 179 Å². The fourth-order valence-electron chi connectivity index (χ4n) is 6.92. The zero-order valence-electron chi connectivity index (χ0n) is 32.8. The van der Waals surface area contributed by atoms with E-state index < -0.39 is 61.8 Å². The first-order valence-corrected chi connectivity index (χ1v) is 20.7. The molecular formula is C41H72N4O8. The minimum atomic E-state index is -1.77. The largest absolute Gasteiger partial charge is 0.444 e. The molecule has 12 heteroatoms. The SMILES string of the molecule is CCCCCCCCCCCCNC(=O)N(CCCCCCCCCCCC)[C@@H]1O[C@H](CO)[C@@H](O)[C@H](O)[C@H]1N(C(=O)CN)C(=O)OCc1ccccc1. The van der Waals surface area contributed by atoms with E-state index in [-0.39, 0.29) is 13.2 Å². The van der Waals surface area contributed by atoms with Gasteiger partial charge in [-0.15, -0.1) is 0 Å². The number of unbranched alkanes of at least 4 members (excludes halogenated alkanes) is 18. The number of ether oxygens (including phenoxy) is 2. The lowest BCUT2D eigenvalue weighted by molar-refractivity contribution is -0.238. The number of nitrogens with zero attached hydrogens (tertiary/aromatic N) is 2. The zero-order valence-corrected chi connectivity index (χ0v) is 32.8. The number of aliphatic hydroxyl groups excluding tert-OH is 3. The van der Waals surface area contributed by atoms with Gasteiger partial charge in [0.2, 0.25) is 5.91 Å². The van der Waals surface area contributed by atoms with E-state index in [9.17, 15) is 29.7 Å². The van der Waals surface area contributed by atoms with Crippen molar-refractivity contribution in [3.05, 3.63) is 35.9 Å². The molecule has 5 atom stereocenters. The summed E-state index contributed by atoms with van der Waals surface area (Å²) in [4.78, 5) is 42.9. The maximum Gasteiger partial charge on any atom is 0.417 e. The molecular weight excluding hydrogens is 676 g/mol. The van der Waals surface area contributed by atoms with Crippen molar-refractivity contribution in [3.8, 4) is 0 Å². The first-order chi connectivity index (χ1) is 25.8. The topological polar surface area (TPSA) is 175 Å². The third-order valence-electron chi connectivity index (χ3n) is 10.1. The second-order valence-electron chi connectivity index (χ2n) is 14.5. The van der Waals surface area contributed by atoms with Crippen molar-refractivity contribution in [1.29, 1.82) is 0 Å². The molecule has 1 aromatic carbocycles. The number of rotatable bonds is 28. The van der Waals surface area contributed by atoms with Crippen LogP contribution in [-0.4, -0.2) is 100.0 Å². The van der Waals surface area contributed by atoms with Crippen LogP contribution in [0.2, 0.25) is 0 Å². The average Bonchev–Trinajstić information content (AvgIpc) is 3.17. The number of urea groups is 1. The molecule has 1 aromatic rings. The Kier molecular flexibility index (Phi) is 25.1. The van der Waals surface area contributed by atoms with Gasteiger partial charge < -0.3 is 35.8 Å². The van der Waals surface area contributed by atoms with E-state index in [2.05, 4.69) is 19.2 Å². The summed E-state index contributed by atoms with van der Waals surface area (Å²) in [5.41, 5.74) is 6.42. The third kappa shape index (κ3) is 17.5. The molecule has 0 unspecified atom stereocenters. The number of nitrogens with one attached hydrogen (secondary N) is 1. The molecule has 1 saturated heterocycles. The van der Waals surface area contributed by atoms with Gasteiger partial charge in [0, 0.05) is 13.1 Å². The molecule has 6 N–H and O–H groups in total.